The summed E-state index contributed by atoms with van der Waals surface area (Å²) in [5, 5.41) is 2.86. The zero-order valence-electron chi connectivity index (χ0n) is 11.1. The number of furan rings is 1. The summed E-state index contributed by atoms with van der Waals surface area (Å²) in [5.74, 6) is 0.597. The van der Waals surface area contributed by atoms with Crippen molar-refractivity contribution in [3.63, 3.8) is 0 Å². The van der Waals surface area contributed by atoms with Crippen LogP contribution in [0, 0.1) is 6.92 Å². The van der Waals surface area contributed by atoms with Gasteiger partial charge in [-0.3, -0.25) is 4.79 Å². The fraction of sp³-hybridized carbons (Fsp3) is 0.267. The maximum atomic E-state index is 12.1. The van der Waals surface area contributed by atoms with Gasteiger partial charge in [0.1, 0.15) is 11.9 Å². The van der Waals surface area contributed by atoms with E-state index in [4.69, 9.17) is 9.15 Å². The number of ether oxygens (including phenoxy) is 1. The molecule has 1 aromatic heterocycles. The minimum absolute atomic E-state index is 0.105. The van der Waals surface area contributed by atoms with E-state index < -0.39 is 0 Å². The molecule has 1 amide bonds. The second-order valence-electron chi connectivity index (χ2n) is 4.26. The van der Waals surface area contributed by atoms with Crippen molar-refractivity contribution in [3.05, 3.63) is 59.5 Å². The molecule has 1 atom stereocenters. The van der Waals surface area contributed by atoms with Crippen LogP contribution in [0.4, 0.5) is 0 Å². The summed E-state index contributed by atoms with van der Waals surface area (Å²) in [6.07, 6.45) is 1.31. The van der Waals surface area contributed by atoms with E-state index in [0.29, 0.717) is 17.9 Å². The van der Waals surface area contributed by atoms with E-state index in [1.54, 1.807) is 25.5 Å². The topological polar surface area (TPSA) is 51.5 Å². The average molecular weight is 259 g/mol. The summed E-state index contributed by atoms with van der Waals surface area (Å²) in [5.41, 5.74) is 1.63. The number of rotatable bonds is 5. The van der Waals surface area contributed by atoms with E-state index in [9.17, 15) is 4.79 Å². The van der Waals surface area contributed by atoms with Gasteiger partial charge in [0.2, 0.25) is 0 Å². The maximum absolute atomic E-state index is 12.1. The molecule has 0 fully saturated rings. The van der Waals surface area contributed by atoms with Crippen LogP contribution in [-0.4, -0.2) is 19.6 Å². The van der Waals surface area contributed by atoms with Crippen LogP contribution in [0.5, 0.6) is 0 Å². The lowest BCUT2D eigenvalue weighted by atomic mass is 10.1. The molecule has 0 aliphatic heterocycles. The predicted molar refractivity (Wildman–Crippen MR) is 72.0 cm³/mol. The van der Waals surface area contributed by atoms with Crippen LogP contribution in [0.3, 0.4) is 0 Å². The summed E-state index contributed by atoms with van der Waals surface area (Å²) < 4.78 is 10.6. The molecular formula is C15H17NO3. The number of hydrogen-bond acceptors (Lipinski definition) is 3. The number of nitrogens with one attached hydrogen (secondary N) is 1. The molecule has 0 saturated carbocycles. The Morgan fingerprint density at radius 2 is 2.11 bits per heavy atom. The van der Waals surface area contributed by atoms with Crippen LogP contribution in [0.15, 0.2) is 47.1 Å². The summed E-state index contributed by atoms with van der Waals surface area (Å²) in [6, 6.07) is 11.1. The summed E-state index contributed by atoms with van der Waals surface area (Å²) in [6.45, 7) is 2.28. The van der Waals surface area contributed by atoms with E-state index in [0.717, 1.165) is 5.56 Å². The first-order valence-electron chi connectivity index (χ1n) is 6.12. The van der Waals surface area contributed by atoms with E-state index in [2.05, 4.69) is 5.32 Å². The first-order chi connectivity index (χ1) is 9.22. The van der Waals surface area contributed by atoms with Crippen molar-refractivity contribution < 1.29 is 13.9 Å². The summed E-state index contributed by atoms with van der Waals surface area (Å²) in [7, 11) is 1.59. The number of benzene rings is 1. The third kappa shape index (κ3) is 3.23. The van der Waals surface area contributed by atoms with E-state index in [-0.39, 0.29) is 12.0 Å². The Morgan fingerprint density at radius 3 is 2.74 bits per heavy atom. The Bertz CT molecular complexity index is 534. The molecule has 100 valence electrons. The number of carbonyl (C=O) groups is 1. The highest BCUT2D eigenvalue weighted by Crippen LogP contribution is 2.16. The van der Waals surface area contributed by atoms with Gasteiger partial charge in [0.15, 0.2) is 0 Å². The molecule has 1 aromatic carbocycles. The van der Waals surface area contributed by atoms with Gasteiger partial charge in [0.25, 0.3) is 5.91 Å². The molecule has 4 nitrogen and oxygen atoms in total. The minimum atomic E-state index is -0.275. The van der Waals surface area contributed by atoms with Crippen LogP contribution in [0.25, 0.3) is 0 Å². The third-order valence-corrected chi connectivity index (χ3v) is 2.98. The van der Waals surface area contributed by atoms with Crippen molar-refractivity contribution in [1.82, 2.24) is 5.32 Å². The first-order valence-corrected chi connectivity index (χ1v) is 6.12. The summed E-state index contributed by atoms with van der Waals surface area (Å²) in [4.78, 5) is 12.1. The van der Waals surface area contributed by atoms with E-state index in [1.807, 2.05) is 31.2 Å². The molecule has 1 heterocycles. The van der Waals surface area contributed by atoms with Crippen molar-refractivity contribution in [3.8, 4) is 0 Å². The van der Waals surface area contributed by atoms with Crippen molar-refractivity contribution in [2.45, 2.75) is 13.0 Å². The van der Waals surface area contributed by atoms with Gasteiger partial charge in [-0.1, -0.05) is 18.2 Å². The number of carbonyl (C=O) groups excluding carboxylic acids is 1. The molecule has 0 aliphatic rings. The molecule has 2 aromatic rings. The molecule has 2 rings (SSSR count). The maximum Gasteiger partial charge on any atom is 0.251 e. The van der Waals surface area contributed by atoms with Gasteiger partial charge in [-0.15, -0.1) is 0 Å². The standard InChI is InChI=1S/C15H17NO3/c1-11-6-3-4-7-12(11)15(17)16-10-14(18-2)13-8-5-9-19-13/h3-9,14H,10H2,1-2H3,(H,16,17). The second-order valence-corrected chi connectivity index (χ2v) is 4.26. The Morgan fingerprint density at radius 1 is 1.32 bits per heavy atom. The van der Waals surface area contributed by atoms with Crippen LogP contribution < -0.4 is 5.32 Å². The van der Waals surface area contributed by atoms with Crippen molar-refractivity contribution in [2.75, 3.05) is 13.7 Å². The molecule has 0 aliphatic carbocycles. The van der Waals surface area contributed by atoms with Crippen LogP contribution >= 0.6 is 0 Å². The molecule has 1 N–H and O–H groups in total. The Balaban J connectivity index is 1.98. The lowest BCUT2D eigenvalue weighted by molar-refractivity contribution is 0.0738. The fourth-order valence-corrected chi connectivity index (χ4v) is 1.88. The number of amides is 1. The highest BCUT2D eigenvalue weighted by atomic mass is 16.5. The zero-order chi connectivity index (χ0) is 13.7. The number of aryl methyl sites for hydroxylation is 1. The number of hydrogen-bond donors (Lipinski definition) is 1. The van der Waals surface area contributed by atoms with Crippen molar-refractivity contribution in [1.29, 1.82) is 0 Å². The molecule has 0 radical (unpaired) electrons. The van der Waals surface area contributed by atoms with E-state index >= 15 is 0 Å². The monoisotopic (exact) mass is 259 g/mol. The molecule has 1 unspecified atom stereocenters. The molecule has 0 bridgehead atoms. The second kappa shape index (κ2) is 6.20. The third-order valence-electron chi connectivity index (χ3n) is 2.98. The molecule has 4 heteroatoms. The molecule has 19 heavy (non-hydrogen) atoms. The smallest absolute Gasteiger partial charge is 0.251 e. The largest absolute Gasteiger partial charge is 0.467 e. The normalized spacial score (nSPS) is 12.1. The van der Waals surface area contributed by atoms with E-state index in [1.165, 1.54) is 0 Å². The Kier molecular flexibility index (Phi) is 4.36. The van der Waals surface area contributed by atoms with Crippen LogP contribution in [0.2, 0.25) is 0 Å². The molecule has 0 spiro atoms. The van der Waals surface area contributed by atoms with Gasteiger partial charge in [0.05, 0.1) is 12.8 Å². The quantitative estimate of drug-likeness (QED) is 0.898. The average Bonchev–Trinajstić information content (AvgIpc) is 2.94. The van der Waals surface area contributed by atoms with Crippen molar-refractivity contribution >= 4 is 5.91 Å². The lowest BCUT2D eigenvalue weighted by Crippen LogP contribution is -2.29. The highest BCUT2D eigenvalue weighted by Gasteiger charge is 2.15. The predicted octanol–water partition coefficient (Wildman–Crippen LogP) is 2.71. The summed E-state index contributed by atoms with van der Waals surface area (Å²) >= 11 is 0. The van der Waals surface area contributed by atoms with Gasteiger partial charge >= 0.3 is 0 Å². The molecule has 0 saturated heterocycles. The van der Waals surface area contributed by atoms with Crippen molar-refractivity contribution in [2.24, 2.45) is 0 Å². The van der Waals surface area contributed by atoms with Gasteiger partial charge in [-0.05, 0) is 30.7 Å². The highest BCUT2D eigenvalue weighted by molar-refractivity contribution is 5.95. The van der Waals surface area contributed by atoms with Crippen LogP contribution in [-0.2, 0) is 4.74 Å². The van der Waals surface area contributed by atoms with Gasteiger partial charge < -0.3 is 14.5 Å². The van der Waals surface area contributed by atoms with Gasteiger partial charge in [-0.25, -0.2) is 0 Å². The number of methoxy groups -OCH3 is 1. The fourth-order valence-electron chi connectivity index (χ4n) is 1.88. The SMILES string of the molecule is COC(CNC(=O)c1ccccc1C)c1ccco1. The zero-order valence-corrected chi connectivity index (χ0v) is 11.1. The Hall–Kier alpha value is -2.07. The molecular weight excluding hydrogens is 242 g/mol. The van der Waals surface area contributed by atoms with Gasteiger partial charge in [0, 0.05) is 12.7 Å². The first kappa shape index (κ1) is 13.4. The van der Waals surface area contributed by atoms with Crippen LogP contribution in [0.1, 0.15) is 27.8 Å². The van der Waals surface area contributed by atoms with Gasteiger partial charge in [-0.2, -0.15) is 0 Å². The Labute approximate surface area is 112 Å². The minimum Gasteiger partial charge on any atom is -0.467 e. The lowest BCUT2D eigenvalue weighted by Gasteiger charge is -2.14.